The average Bonchev–Trinajstić information content (AvgIpc) is 3.25. The minimum atomic E-state index is -0.395. The minimum absolute atomic E-state index is 0.0733. The Morgan fingerprint density at radius 3 is 1.54 bits per heavy atom. The number of likely N-dealkylation sites (tertiary alicyclic amines) is 2. The van der Waals surface area contributed by atoms with Gasteiger partial charge in [0.1, 0.15) is 0 Å². The molecule has 2 aliphatic heterocycles. The molecule has 2 fully saturated rings. The van der Waals surface area contributed by atoms with E-state index in [0.717, 1.165) is 0 Å². The summed E-state index contributed by atoms with van der Waals surface area (Å²) in [5, 5.41) is 0. The Hall–Kier alpha value is -2.20. The van der Waals surface area contributed by atoms with Gasteiger partial charge in [-0.15, -0.1) is 0 Å². The number of carbonyl (C=O) groups is 4. The molecular formula is C18H28N2O8. The van der Waals surface area contributed by atoms with Crippen molar-refractivity contribution in [2.24, 2.45) is 11.8 Å². The fraction of sp³-hybridized carbons (Fsp3) is 0.778. The van der Waals surface area contributed by atoms with Gasteiger partial charge in [-0.3, -0.25) is 19.2 Å². The van der Waals surface area contributed by atoms with Crippen molar-refractivity contribution >= 4 is 23.8 Å². The van der Waals surface area contributed by atoms with E-state index in [1.807, 2.05) is 0 Å². The average molecular weight is 400 g/mol. The second-order valence-corrected chi connectivity index (χ2v) is 6.75. The largest absolute Gasteiger partial charge is 0.469 e. The van der Waals surface area contributed by atoms with E-state index in [-0.39, 0.29) is 36.6 Å². The fourth-order valence-corrected chi connectivity index (χ4v) is 3.30. The van der Waals surface area contributed by atoms with Gasteiger partial charge < -0.3 is 28.7 Å². The van der Waals surface area contributed by atoms with Crippen LogP contribution in [0.25, 0.3) is 0 Å². The molecule has 2 unspecified atom stereocenters. The van der Waals surface area contributed by atoms with Gasteiger partial charge >= 0.3 is 11.9 Å². The lowest BCUT2D eigenvalue weighted by Gasteiger charge is -2.17. The third-order valence-electron chi connectivity index (χ3n) is 4.88. The molecule has 158 valence electrons. The van der Waals surface area contributed by atoms with Gasteiger partial charge in [-0.05, 0) is 0 Å². The molecule has 2 saturated heterocycles. The van der Waals surface area contributed by atoms with Crippen LogP contribution in [0.3, 0.4) is 0 Å². The summed E-state index contributed by atoms with van der Waals surface area (Å²) in [6.07, 6.45) is 0.365. The van der Waals surface area contributed by atoms with Gasteiger partial charge in [0.25, 0.3) is 0 Å². The first-order valence-electron chi connectivity index (χ1n) is 9.33. The monoisotopic (exact) mass is 400 g/mol. The Balaban J connectivity index is 1.49. The third-order valence-corrected chi connectivity index (χ3v) is 4.88. The van der Waals surface area contributed by atoms with E-state index in [0.29, 0.717) is 52.6 Å². The van der Waals surface area contributed by atoms with Crippen molar-refractivity contribution in [3.63, 3.8) is 0 Å². The highest BCUT2D eigenvalue weighted by atomic mass is 16.5. The molecule has 2 heterocycles. The van der Waals surface area contributed by atoms with Gasteiger partial charge in [-0.2, -0.15) is 0 Å². The normalized spacial score (nSPS) is 22.1. The van der Waals surface area contributed by atoms with E-state index in [1.54, 1.807) is 9.80 Å². The highest BCUT2D eigenvalue weighted by Crippen LogP contribution is 2.19. The highest BCUT2D eigenvalue weighted by molar-refractivity contribution is 5.87. The predicted octanol–water partition coefficient (Wildman–Crippen LogP) is -0.937. The van der Waals surface area contributed by atoms with Gasteiger partial charge in [0.05, 0.1) is 52.5 Å². The molecule has 2 amide bonds. The molecule has 2 atom stereocenters. The van der Waals surface area contributed by atoms with Crippen LogP contribution in [0, 0.1) is 11.8 Å². The Labute approximate surface area is 164 Å². The molecule has 0 bridgehead atoms. The second-order valence-electron chi connectivity index (χ2n) is 6.75. The number of carbonyl (C=O) groups excluding carboxylic acids is 4. The number of hydrogen-bond donors (Lipinski definition) is 0. The molecule has 0 radical (unpaired) electrons. The number of hydrogen-bond acceptors (Lipinski definition) is 8. The van der Waals surface area contributed by atoms with Crippen LogP contribution in [0.1, 0.15) is 12.8 Å². The molecule has 2 rings (SSSR count). The van der Waals surface area contributed by atoms with Crippen LogP contribution in [0.5, 0.6) is 0 Å². The number of methoxy groups -OCH3 is 2. The van der Waals surface area contributed by atoms with E-state index in [1.165, 1.54) is 14.2 Å². The Morgan fingerprint density at radius 1 is 0.786 bits per heavy atom. The minimum Gasteiger partial charge on any atom is -0.469 e. The standard InChI is InChI=1S/C18H28N2O8/c1-25-17(23)13-9-15(21)19(11-13)3-5-27-7-8-28-6-4-20-12-14(10-16(20)22)18(24)26-2/h13-14H,3-12H2,1-2H3. The van der Waals surface area contributed by atoms with Crippen molar-refractivity contribution < 1.29 is 38.1 Å². The topological polar surface area (TPSA) is 112 Å². The molecule has 0 saturated carbocycles. The van der Waals surface area contributed by atoms with Crippen molar-refractivity contribution in [3.05, 3.63) is 0 Å². The van der Waals surface area contributed by atoms with Gasteiger partial charge in [0.15, 0.2) is 0 Å². The lowest BCUT2D eigenvalue weighted by molar-refractivity contribution is -0.145. The SMILES string of the molecule is COC(=O)C1CC(=O)N(CCOCCOCCN2CC(C(=O)OC)CC2=O)C1. The zero-order valence-corrected chi connectivity index (χ0v) is 16.4. The predicted molar refractivity (Wildman–Crippen MR) is 95.0 cm³/mol. The van der Waals surface area contributed by atoms with Crippen LogP contribution in [-0.4, -0.2) is 100 Å². The van der Waals surface area contributed by atoms with Crippen LogP contribution in [0.4, 0.5) is 0 Å². The zero-order valence-electron chi connectivity index (χ0n) is 16.4. The van der Waals surface area contributed by atoms with E-state index >= 15 is 0 Å². The highest BCUT2D eigenvalue weighted by Gasteiger charge is 2.35. The summed E-state index contributed by atoms with van der Waals surface area (Å²) >= 11 is 0. The number of esters is 2. The summed E-state index contributed by atoms with van der Waals surface area (Å²) in [5.41, 5.74) is 0. The number of amides is 2. The fourth-order valence-electron chi connectivity index (χ4n) is 3.30. The zero-order chi connectivity index (χ0) is 20.5. The van der Waals surface area contributed by atoms with Crippen molar-refractivity contribution in [3.8, 4) is 0 Å². The number of nitrogens with zero attached hydrogens (tertiary/aromatic N) is 2. The van der Waals surface area contributed by atoms with Gasteiger partial charge in [-0.1, -0.05) is 0 Å². The molecule has 0 aromatic heterocycles. The van der Waals surface area contributed by atoms with Crippen LogP contribution in [-0.2, 0) is 38.1 Å². The number of ether oxygens (including phenoxy) is 4. The van der Waals surface area contributed by atoms with Gasteiger partial charge in [-0.25, -0.2) is 0 Å². The summed E-state index contributed by atoms with van der Waals surface area (Å²) in [4.78, 5) is 49.8. The number of rotatable bonds is 11. The van der Waals surface area contributed by atoms with E-state index in [4.69, 9.17) is 9.47 Å². The molecule has 0 spiro atoms. The quantitative estimate of drug-likeness (QED) is 0.323. The molecule has 10 heteroatoms. The van der Waals surface area contributed by atoms with Gasteiger partial charge in [0, 0.05) is 39.0 Å². The molecular weight excluding hydrogens is 372 g/mol. The summed E-state index contributed by atoms with van der Waals surface area (Å²) < 4.78 is 20.2. The first-order chi connectivity index (χ1) is 13.5. The molecule has 0 aromatic rings. The smallest absolute Gasteiger partial charge is 0.310 e. The third kappa shape index (κ3) is 6.16. The van der Waals surface area contributed by atoms with Gasteiger partial charge in [0.2, 0.25) is 11.8 Å². The van der Waals surface area contributed by atoms with Crippen LogP contribution >= 0.6 is 0 Å². The maximum atomic E-state index is 11.8. The first kappa shape index (κ1) is 22.1. The van der Waals surface area contributed by atoms with Crippen molar-refractivity contribution in [1.82, 2.24) is 9.80 Å². The Bertz CT molecular complexity index is 532. The van der Waals surface area contributed by atoms with Crippen molar-refractivity contribution in [1.29, 1.82) is 0 Å². The summed E-state index contributed by atoms with van der Waals surface area (Å²) in [7, 11) is 2.63. The lowest BCUT2D eigenvalue weighted by atomic mass is 10.1. The Kier molecular flexibility index (Phi) is 8.65. The van der Waals surface area contributed by atoms with Crippen molar-refractivity contribution in [2.45, 2.75) is 12.8 Å². The Morgan fingerprint density at radius 2 is 1.18 bits per heavy atom. The molecule has 0 N–H and O–H groups in total. The van der Waals surface area contributed by atoms with E-state index in [2.05, 4.69) is 9.47 Å². The van der Waals surface area contributed by atoms with E-state index in [9.17, 15) is 19.2 Å². The van der Waals surface area contributed by atoms with E-state index < -0.39 is 11.8 Å². The van der Waals surface area contributed by atoms with Crippen molar-refractivity contribution in [2.75, 3.05) is 66.8 Å². The van der Waals surface area contributed by atoms with Crippen LogP contribution in [0.15, 0.2) is 0 Å². The van der Waals surface area contributed by atoms with Crippen LogP contribution < -0.4 is 0 Å². The van der Waals surface area contributed by atoms with Crippen LogP contribution in [0.2, 0.25) is 0 Å². The molecule has 2 aliphatic rings. The second kappa shape index (κ2) is 11.0. The lowest BCUT2D eigenvalue weighted by Crippen LogP contribution is -2.31. The summed E-state index contributed by atoms with van der Waals surface area (Å²) in [5.74, 6) is -1.66. The maximum Gasteiger partial charge on any atom is 0.310 e. The first-order valence-corrected chi connectivity index (χ1v) is 9.33. The summed E-state index contributed by atoms with van der Waals surface area (Å²) in [6.45, 7) is 3.00. The maximum absolute atomic E-state index is 11.8. The molecule has 0 aromatic carbocycles. The molecule has 10 nitrogen and oxygen atoms in total. The summed E-state index contributed by atoms with van der Waals surface area (Å²) in [6, 6.07) is 0. The molecule has 0 aliphatic carbocycles. The molecule has 28 heavy (non-hydrogen) atoms.